The molecule has 0 amide bonds. The number of ketones is 1. The average Bonchev–Trinajstić information content (AvgIpc) is 2.26. The molecule has 3 atom stereocenters. The predicted molar refractivity (Wildman–Crippen MR) is 74.4 cm³/mol. The van der Waals surface area contributed by atoms with E-state index in [4.69, 9.17) is 11.6 Å². The molecular weight excluding hydrogens is 232 g/mol. The Balaban J connectivity index is 2.77. The maximum Gasteiger partial charge on any atom is 0.132 e. The summed E-state index contributed by atoms with van der Waals surface area (Å²) in [4.78, 5) is 11.5. The van der Waals surface area contributed by atoms with Gasteiger partial charge in [0.2, 0.25) is 0 Å². The Morgan fingerprint density at radius 1 is 1.53 bits per heavy atom. The molecule has 1 fully saturated rings. The zero-order chi connectivity index (χ0) is 13.2. The van der Waals surface area contributed by atoms with E-state index in [-0.39, 0.29) is 10.8 Å². The highest BCUT2D eigenvalue weighted by molar-refractivity contribution is 6.22. The second-order valence-corrected chi connectivity index (χ2v) is 6.51. The standard InChI is InChI=1S/C15H25ClO/c1-6-12(17)7-8-13-11(3)14(16)9-10(2)15(13,4)5/h10,13-14H,3,6-9H2,1-2,4-5H3. The highest BCUT2D eigenvalue weighted by Gasteiger charge is 2.42. The fraction of sp³-hybridized carbons (Fsp3) is 0.800. The van der Waals surface area contributed by atoms with Crippen LogP contribution in [0.15, 0.2) is 12.2 Å². The second-order valence-electron chi connectivity index (χ2n) is 5.98. The van der Waals surface area contributed by atoms with Gasteiger partial charge >= 0.3 is 0 Å². The molecule has 0 aromatic rings. The van der Waals surface area contributed by atoms with Crippen molar-refractivity contribution in [2.75, 3.05) is 0 Å². The summed E-state index contributed by atoms with van der Waals surface area (Å²) in [6, 6.07) is 0. The van der Waals surface area contributed by atoms with Crippen LogP contribution in [-0.4, -0.2) is 11.2 Å². The largest absolute Gasteiger partial charge is 0.300 e. The van der Waals surface area contributed by atoms with Gasteiger partial charge in [0.05, 0.1) is 5.38 Å². The SMILES string of the molecule is C=C1C(Cl)CC(C)C(C)(C)C1CCC(=O)CC. The number of alkyl halides is 1. The fourth-order valence-electron chi connectivity index (χ4n) is 2.84. The second kappa shape index (κ2) is 5.56. The summed E-state index contributed by atoms with van der Waals surface area (Å²) < 4.78 is 0. The molecule has 0 bridgehead atoms. The normalized spacial score (nSPS) is 32.5. The van der Waals surface area contributed by atoms with E-state index in [0.717, 1.165) is 18.4 Å². The molecule has 1 aliphatic rings. The third-order valence-corrected chi connectivity index (χ3v) is 5.14. The number of rotatable bonds is 4. The first-order valence-electron chi connectivity index (χ1n) is 6.65. The van der Waals surface area contributed by atoms with Gasteiger partial charge in [0.1, 0.15) is 5.78 Å². The highest BCUT2D eigenvalue weighted by Crippen LogP contribution is 2.50. The number of hydrogen-bond donors (Lipinski definition) is 0. The maximum atomic E-state index is 11.5. The van der Waals surface area contributed by atoms with Crippen LogP contribution in [0, 0.1) is 17.3 Å². The molecule has 98 valence electrons. The Bertz CT molecular complexity index is 306. The van der Waals surface area contributed by atoms with Crippen molar-refractivity contribution >= 4 is 17.4 Å². The van der Waals surface area contributed by atoms with Crippen molar-refractivity contribution in [1.29, 1.82) is 0 Å². The number of halogens is 1. The van der Waals surface area contributed by atoms with Crippen molar-refractivity contribution in [3.05, 3.63) is 12.2 Å². The maximum absolute atomic E-state index is 11.5. The van der Waals surface area contributed by atoms with Crippen LogP contribution in [0.25, 0.3) is 0 Å². The number of carbonyl (C=O) groups is 1. The number of carbonyl (C=O) groups excluding carboxylic acids is 1. The van der Waals surface area contributed by atoms with Crippen LogP contribution in [0.3, 0.4) is 0 Å². The smallest absolute Gasteiger partial charge is 0.132 e. The summed E-state index contributed by atoms with van der Waals surface area (Å²) in [5.74, 6) is 1.31. The first kappa shape index (κ1) is 14.8. The van der Waals surface area contributed by atoms with Gasteiger partial charge in [-0.3, -0.25) is 4.79 Å². The van der Waals surface area contributed by atoms with Gasteiger partial charge in [0, 0.05) is 12.8 Å². The molecule has 17 heavy (non-hydrogen) atoms. The number of hydrogen-bond acceptors (Lipinski definition) is 1. The van der Waals surface area contributed by atoms with Crippen molar-refractivity contribution in [1.82, 2.24) is 0 Å². The van der Waals surface area contributed by atoms with Crippen LogP contribution in [0.2, 0.25) is 0 Å². The van der Waals surface area contributed by atoms with Crippen molar-refractivity contribution in [3.63, 3.8) is 0 Å². The van der Waals surface area contributed by atoms with Gasteiger partial charge in [-0.25, -0.2) is 0 Å². The molecule has 0 aromatic carbocycles. The molecule has 0 aliphatic heterocycles. The number of allylic oxidation sites excluding steroid dienone is 1. The minimum Gasteiger partial charge on any atom is -0.300 e. The van der Waals surface area contributed by atoms with E-state index in [1.54, 1.807) is 0 Å². The monoisotopic (exact) mass is 256 g/mol. The lowest BCUT2D eigenvalue weighted by Crippen LogP contribution is -2.40. The number of Topliss-reactive ketones (excluding diaryl/α,β-unsaturated/α-hetero) is 1. The van der Waals surface area contributed by atoms with Crippen LogP contribution in [0.4, 0.5) is 0 Å². The summed E-state index contributed by atoms with van der Waals surface area (Å²) in [7, 11) is 0. The molecule has 1 saturated carbocycles. The van der Waals surface area contributed by atoms with E-state index in [2.05, 4.69) is 27.4 Å². The molecule has 0 spiro atoms. The first-order valence-corrected chi connectivity index (χ1v) is 7.08. The third kappa shape index (κ3) is 3.13. The lowest BCUT2D eigenvalue weighted by molar-refractivity contribution is -0.119. The minimum atomic E-state index is 0.0831. The van der Waals surface area contributed by atoms with Crippen LogP contribution in [0.5, 0.6) is 0 Å². The topological polar surface area (TPSA) is 17.1 Å². The summed E-state index contributed by atoms with van der Waals surface area (Å²) in [6.07, 6.45) is 3.22. The molecule has 0 aromatic heterocycles. The first-order chi connectivity index (χ1) is 7.80. The van der Waals surface area contributed by atoms with Gasteiger partial charge in [-0.05, 0) is 30.1 Å². The summed E-state index contributed by atoms with van der Waals surface area (Å²) in [5, 5.41) is 0.0831. The lowest BCUT2D eigenvalue weighted by Gasteiger charge is -2.47. The van der Waals surface area contributed by atoms with Crippen molar-refractivity contribution in [3.8, 4) is 0 Å². The molecule has 3 unspecified atom stereocenters. The lowest BCUT2D eigenvalue weighted by atomic mass is 9.60. The molecule has 1 rings (SSSR count). The van der Waals surface area contributed by atoms with Gasteiger partial charge in [-0.1, -0.05) is 39.8 Å². The van der Waals surface area contributed by atoms with Crippen LogP contribution < -0.4 is 0 Å². The van der Waals surface area contributed by atoms with E-state index >= 15 is 0 Å². The van der Waals surface area contributed by atoms with E-state index in [1.807, 2.05) is 6.92 Å². The summed E-state index contributed by atoms with van der Waals surface area (Å²) in [5.41, 5.74) is 1.34. The van der Waals surface area contributed by atoms with Crippen LogP contribution in [-0.2, 0) is 4.79 Å². The minimum absolute atomic E-state index is 0.0831. The molecule has 1 aliphatic carbocycles. The van der Waals surface area contributed by atoms with Crippen molar-refractivity contribution < 1.29 is 4.79 Å². The highest BCUT2D eigenvalue weighted by atomic mass is 35.5. The predicted octanol–water partition coefficient (Wildman–Crippen LogP) is 4.59. The van der Waals surface area contributed by atoms with E-state index in [1.165, 1.54) is 0 Å². The van der Waals surface area contributed by atoms with Gasteiger partial charge in [0.15, 0.2) is 0 Å². The molecule has 2 heteroatoms. The van der Waals surface area contributed by atoms with Crippen molar-refractivity contribution in [2.45, 2.75) is 58.8 Å². The Labute approximate surface area is 111 Å². The molecule has 0 N–H and O–H groups in total. The molecule has 0 radical (unpaired) electrons. The van der Waals surface area contributed by atoms with E-state index < -0.39 is 0 Å². The zero-order valence-corrected chi connectivity index (χ0v) is 12.3. The van der Waals surface area contributed by atoms with Gasteiger partial charge in [-0.2, -0.15) is 0 Å². The quantitative estimate of drug-likeness (QED) is 0.531. The Morgan fingerprint density at radius 2 is 2.12 bits per heavy atom. The van der Waals surface area contributed by atoms with Gasteiger partial charge in [-0.15, -0.1) is 11.6 Å². The molecule has 0 heterocycles. The molecule has 1 nitrogen and oxygen atoms in total. The summed E-state index contributed by atoms with van der Waals surface area (Å²) in [6.45, 7) is 12.9. The van der Waals surface area contributed by atoms with Crippen LogP contribution >= 0.6 is 11.6 Å². The molecular formula is C15H25ClO. The Hall–Kier alpha value is -0.300. The summed E-state index contributed by atoms with van der Waals surface area (Å²) >= 11 is 6.35. The van der Waals surface area contributed by atoms with Crippen molar-refractivity contribution in [2.24, 2.45) is 17.3 Å². The van der Waals surface area contributed by atoms with E-state index in [0.29, 0.717) is 30.5 Å². The average molecular weight is 257 g/mol. The zero-order valence-electron chi connectivity index (χ0n) is 11.6. The molecule has 0 saturated heterocycles. The van der Waals surface area contributed by atoms with E-state index in [9.17, 15) is 4.79 Å². The Kier molecular flexibility index (Phi) is 4.83. The van der Waals surface area contributed by atoms with Gasteiger partial charge < -0.3 is 0 Å². The Morgan fingerprint density at radius 3 is 2.65 bits per heavy atom. The fourth-order valence-corrected chi connectivity index (χ4v) is 3.26. The third-order valence-electron chi connectivity index (χ3n) is 4.68. The van der Waals surface area contributed by atoms with Crippen LogP contribution in [0.1, 0.15) is 53.4 Å². The van der Waals surface area contributed by atoms with Gasteiger partial charge in [0.25, 0.3) is 0 Å².